The fourth-order valence-corrected chi connectivity index (χ4v) is 5.16. The van der Waals surface area contributed by atoms with Crippen molar-refractivity contribution in [2.75, 3.05) is 25.6 Å². The van der Waals surface area contributed by atoms with E-state index in [0.717, 1.165) is 24.0 Å². The molecule has 1 aromatic heterocycles. The molecule has 4 rings (SSSR count). The number of allylic oxidation sites excluding steroid dienone is 1. The normalized spacial score (nSPS) is 14.7. The summed E-state index contributed by atoms with van der Waals surface area (Å²) < 4.78 is 18.7. The molecule has 2 heterocycles. The van der Waals surface area contributed by atoms with E-state index in [9.17, 15) is 4.79 Å². The lowest BCUT2D eigenvalue weighted by Gasteiger charge is -2.28. The van der Waals surface area contributed by atoms with Crippen LogP contribution < -0.4 is 14.8 Å². The molecule has 0 fully saturated rings. The monoisotopic (exact) mass is 542 g/mol. The van der Waals surface area contributed by atoms with Crippen molar-refractivity contribution in [2.45, 2.75) is 50.6 Å². The minimum atomic E-state index is -0.560. The Hall–Kier alpha value is -3.17. The molecule has 1 aliphatic heterocycles. The first-order chi connectivity index (χ1) is 18.0. The van der Waals surface area contributed by atoms with Gasteiger partial charge < -0.3 is 19.5 Å². The van der Waals surface area contributed by atoms with Crippen molar-refractivity contribution >= 4 is 35.3 Å². The number of unbranched alkanes of at least 4 members (excludes halogenated alkanes) is 1. The predicted octanol–water partition coefficient (Wildman–Crippen LogP) is 6.26. The van der Waals surface area contributed by atoms with Gasteiger partial charge >= 0.3 is 5.97 Å². The zero-order valence-corrected chi connectivity index (χ0v) is 23.0. The lowest BCUT2D eigenvalue weighted by Crippen LogP contribution is -2.29. The number of carbonyl (C=O) groups is 1. The topological polar surface area (TPSA) is 87.5 Å². The molecule has 1 N–H and O–H groups in total. The van der Waals surface area contributed by atoms with Crippen LogP contribution in [0.5, 0.6) is 11.5 Å². The summed E-state index contributed by atoms with van der Waals surface area (Å²) in [5, 5.41) is 9.24. The number of ether oxygens (including phenoxy) is 3. The molecule has 0 saturated heterocycles. The maximum absolute atomic E-state index is 12.9. The van der Waals surface area contributed by atoms with Gasteiger partial charge in [0.25, 0.3) is 0 Å². The number of benzene rings is 2. The molecule has 196 valence electrons. The largest absolute Gasteiger partial charge is 0.490 e. The van der Waals surface area contributed by atoms with E-state index >= 15 is 0 Å². The van der Waals surface area contributed by atoms with E-state index in [1.807, 2.05) is 56.3 Å². The number of halogens is 1. The number of anilines is 1. The molecular weight excluding hydrogens is 512 g/mol. The smallest absolute Gasteiger partial charge is 0.338 e. The van der Waals surface area contributed by atoms with Crippen molar-refractivity contribution in [3.8, 4) is 11.5 Å². The summed E-state index contributed by atoms with van der Waals surface area (Å²) >= 11 is 7.80. The Morgan fingerprint density at radius 2 is 1.97 bits per heavy atom. The highest BCUT2D eigenvalue weighted by Crippen LogP contribution is 2.40. The van der Waals surface area contributed by atoms with Crippen LogP contribution in [0.3, 0.4) is 0 Å². The van der Waals surface area contributed by atoms with Crippen LogP contribution in [0.2, 0.25) is 5.02 Å². The number of thioether (sulfide) groups is 1. The van der Waals surface area contributed by atoms with E-state index in [1.54, 1.807) is 4.68 Å². The number of hydrogen-bond acceptors (Lipinski definition) is 8. The Morgan fingerprint density at radius 3 is 2.70 bits per heavy atom. The molecule has 0 radical (unpaired) electrons. The Morgan fingerprint density at radius 1 is 1.16 bits per heavy atom. The summed E-state index contributed by atoms with van der Waals surface area (Å²) in [7, 11) is 1.37. The van der Waals surface area contributed by atoms with Gasteiger partial charge in [-0.2, -0.15) is 4.98 Å². The van der Waals surface area contributed by atoms with Gasteiger partial charge in [-0.25, -0.2) is 9.48 Å². The van der Waals surface area contributed by atoms with Crippen molar-refractivity contribution < 1.29 is 19.0 Å². The number of aromatic nitrogens is 3. The molecule has 8 nitrogen and oxygen atoms in total. The van der Waals surface area contributed by atoms with Gasteiger partial charge in [0.2, 0.25) is 11.1 Å². The summed E-state index contributed by atoms with van der Waals surface area (Å²) in [6.07, 6.45) is 1.99. The van der Waals surface area contributed by atoms with Crippen LogP contribution in [0.15, 0.2) is 58.9 Å². The van der Waals surface area contributed by atoms with Crippen molar-refractivity contribution in [1.82, 2.24) is 14.8 Å². The molecule has 0 amide bonds. The third-order valence-corrected chi connectivity index (χ3v) is 7.15. The number of rotatable bonds is 11. The maximum Gasteiger partial charge on any atom is 0.338 e. The number of hydrogen-bond donors (Lipinski definition) is 1. The maximum atomic E-state index is 12.9. The molecule has 1 aliphatic rings. The van der Waals surface area contributed by atoms with Gasteiger partial charge in [-0.3, -0.25) is 0 Å². The lowest BCUT2D eigenvalue weighted by atomic mass is 9.95. The number of methoxy groups -OCH3 is 1. The van der Waals surface area contributed by atoms with Crippen LogP contribution >= 0.6 is 23.4 Å². The zero-order valence-electron chi connectivity index (χ0n) is 21.4. The van der Waals surface area contributed by atoms with Gasteiger partial charge in [-0.1, -0.05) is 61.0 Å². The van der Waals surface area contributed by atoms with Crippen molar-refractivity contribution in [3.05, 3.63) is 69.9 Å². The summed E-state index contributed by atoms with van der Waals surface area (Å²) in [6, 6.07) is 12.8. The quantitative estimate of drug-likeness (QED) is 0.172. The Labute approximate surface area is 226 Å². The van der Waals surface area contributed by atoms with Gasteiger partial charge in [-0.05, 0) is 49.6 Å². The fourth-order valence-electron chi connectivity index (χ4n) is 4.04. The molecule has 0 saturated carbocycles. The zero-order chi connectivity index (χ0) is 26.4. The predicted molar refractivity (Wildman–Crippen MR) is 146 cm³/mol. The summed E-state index contributed by atoms with van der Waals surface area (Å²) in [5.41, 5.74) is 2.91. The van der Waals surface area contributed by atoms with E-state index in [1.165, 1.54) is 18.9 Å². The van der Waals surface area contributed by atoms with Gasteiger partial charge in [0.1, 0.15) is 6.04 Å². The first-order valence-corrected chi connectivity index (χ1v) is 13.6. The molecule has 3 aromatic rings. The van der Waals surface area contributed by atoms with Gasteiger partial charge in [-0.15, -0.1) is 5.10 Å². The van der Waals surface area contributed by atoms with E-state index in [0.29, 0.717) is 57.9 Å². The third kappa shape index (κ3) is 6.05. The van der Waals surface area contributed by atoms with Crippen molar-refractivity contribution in [3.63, 3.8) is 0 Å². The van der Waals surface area contributed by atoms with Crippen LogP contribution in [0.1, 0.15) is 50.8 Å². The molecular formula is C27H31ClN4O4S. The van der Waals surface area contributed by atoms with Crippen LogP contribution in [0.4, 0.5) is 5.95 Å². The van der Waals surface area contributed by atoms with E-state index < -0.39 is 12.0 Å². The first kappa shape index (κ1) is 26.9. The molecule has 1 atom stereocenters. The summed E-state index contributed by atoms with van der Waals surface area (Å²) in [4.78, 5) is 17.6. The third-order valence-electron chi connectivity index (χ3n) is 5.89. The minimum Gasteiger partial charge on any atom is -0.490 e. The molecule has 10 heteroatoms. The number of fused-ring (bicyclic) bond motifs is 1. The molecule has 2 aromatic carbocycles. The van der Waals surface area contributed by atoms with Crippen molar-refractivity contribution in [2.24, 2.45) is 0 Å². The van der Waals surface area contributed by atoms with Crippen LogP contribution in [0, 0.1) is 0 Å². The molecule has 37 heavy (non-hydrogen) atoms. The Balaban J connectivity index is 1.71. The highest BCUT2D eigenvalue weighted by Gasteiger charge is 2.35. The number of esters is 1. The summed E-state index contributed by atoms with van der Waals surface area (Å²) in [5.74, 6) is 2.00. The average molecular weight is 543 g/mol. The lowest BCUT2D eigenvalue weighted by molar-refractivity contribution is -0.136. The van der Waals surface area contributed by atoms with E-state index in [-0.39, 0.29) is 0 Å². The second-order valence-corrected chi connectivity index (χ2v) is 9.79. The standard InChI is InChI=1S/C27H31ClN4O4S/c1-5-7-14-36-21-13-12-18(15-22(21)35-6-2)24-23(25(33)34-4)17(3)29-26-30-27(31-32(24)26)37-16-19-10-8-9-11-20(19)28/h8-13,15,24H,5-7,14,16H2,1-4H3,(H,29,30,31). The average Bonchev–Trinajstić information content (AvgIpc) is 3.30. The first-order valence-electron chi connectivity index (χ1n) is 12.2. The van der Waals surface area contributed by atoms with E-state index in [2.05, 4.69) is 17.2 Å². The molecule has 0 spiro atoms. The van der Waals surface area contributed by atoms with Gasteiger partial charge in [0.05, 0.1) is 25.9 Å². The second kappa shape index (κ2) is 12.4. The number of nitrogens with zero attached hydrogens (tertiary/aromatic N) is 3. The van der Waals surface area contributed by atoms with Crippen molar-refractivity contribution in [1.29, 1.82) is 0 Å². The highest BCUT2D eigenvalue weighted by molar-refractivity contribution is 7.98. The van der Waals surface area contributed by atoms with Crippen LogP contribution in [-0.2, 0) is 15.3 Å². The SMILES string of the molecule is CCCCOc1ccc(C2C(C(=O)OC)=C(C)Nc3nc(SCc4ccccc4Cl)nn32)cc1OCC. The molecule has 0 bridgehead atoms. The second-order valence-electron chi connectivity index (χ2n) is 8.44. The minimum absolute atomic E-state index is 0.442. The number of nitrogens with one attached hydrogen (secondary N) is 1. The number of carbonyl (C=O) groups excluding carboxylic acids is 1. The van der Waals surface area contributed by atoms with Gasteiger partial charge in [0.15, 0.2) is 11.5 Å². The summed E-state index contributed by atoms with van der Waals surface area (Å²) in [6.45, 7) is 6.96. The van der Waals surface area contributed by atoms with E-state index in [4.69, 9.17) is 30.9 Å². The van der Waals surface area contributed by atoms with Gasteiger partial charge in [0, 0.05) is 16.5 Å². The Bertz CT molecular complexity index is 1290. The molecule has 0 aliphatic carbocycles. The Kier molecular flexibility index (Phi) is 9.00. The van der Waals surface area contributed by atoms with Crippen LogP contribution in [0.25, 0.3) is 0 Å². The fraction of sp³-hybridized carbons (Fsp3) is 0.370. The highest BCUT2D eigenvalue weighted by atomic mass is 35.5. The molecule has 1 unspecified atom stereocenters. The van der Waals surface area contributed by atoms with Crippen LogP contribution in [-0.4, -0.2) is 41.1 Å².